The van der Waals surface area contributed by atoms with Crippen molar-refractivity contribution in [2.45, 2.75) is 6.42 Å². The molecule has 0 aliphatic carbocycles. The van der Waals surface area contributed by atoms with Gasteiger partial charge in [-0.3, -0.25) is 19.3 Å². The predicted octanol–water partition coefficient (Wildman–Crippen LogP) is 0.0623. The SMILES string of the molecule is CN1CCN(C[C@@H](CC(=O)Nc2ccccc2C(N)=O)C(=O)O)CC1. The number of piperazine rings is 1. The molecule has 1 heterocycles. The van der Waals surface area contributed by atoms with Crippen molar-refractivity contribution in [2.24, 2.45) is 11.7 Å². The monoisotopic (exact) mass is 348 g/mol. The highest BCUT2D eigenvalue weighted by atomic mass is 16.4. The lowest BCUT2D eigenvalue weighted by Crippen LogP contribution is -2.47. The van der Waals surface area contributed by atoms with Gasteiger partial charge in [-0.15, -0.1) is 0 Å². The van der Waals surface area contributed by atoms with Gasteiger partial charge in [0.05, 0.1) is 17.2 Å². The number of amides is 2. The van der Waals surface area contributed by atoms with Crippen LogP contribution in [0.2, 0.25) is 0 Å². The first kappa shape index (κ1) is 18.9. The van der Waals surface area contributed by atoms with Crippen molar-refractivity contribution in [3.63, 3.8) is 0 Å². The van der Waals surface area contributed by atoms with E-state index in [1.165, 1.54) is 6.07 Å². The zero-order valence-corrected chi connectivity index (χ0v) is 14.3. The Labute approximate surface area is 146 Å². The number of nitrogens with one attached hydrogen (secondary N) is 1. The number of carboxylic acid groups (broad SMARTS) is 1. The number of primary amides is 1. The van der Waals surface area contributed by atoms with Crippen LogP contribution >= 0.6 is 0 Å². The second kappa shape index (κ2) is 8.59. The minimum atomic E-state index is -1.00. The van der Waals surface area contributed by atoms with Crippen molar-refractivity contribution in [3.05, 3.63) is 29.8 Å². The second-order valence-electron chi connectivity index (χ2n) is 6.30. The fourth-order valence-electron chi connectivity index (χ4n) is 2.80. The van der Waals surface area contributed by atoms with Crippen molar-refractivity contribution in [2.75, 3.05) is 45.1 Å². The lowest BCUT2D eigenvalue weighted by atomic mass is 10.0. The van der Waals surface area contributed by atoms with Gasteiger partial charge in [0.15, 0.2) is 0 Å². The van der Waals surface area contributed by atoms with Crippen LogP contribution in [0.25, 0.3) is 0 Å². The number of nitrogens with two attached hydrogens (primary N) is 1. The number of hydrogen-bond acceptors (Lipinski definition) is 5. The lowest BCUT2D eigenvalue weighted by Gasteiger charge is -2.33. The van der Waals surface area contributed by atoms with Gasteiger partial charge in [0.2, 0.25) is 5.91 Å². The summed E-state index contributed by atoms with van der Waals surface area (Å²) in [7, 11) is 2.02. The van der Waals surface area contributed by atoms with Crippen LogP contribution in [0.3, 0.4) is 0 Å². The Balaban J connectivity index is 1.96. The predicted molar refractivity (Wildman–Crippen MR) is 93.3 cm³/mol. The van der Waals surface area contributed by atoms with Gasteiger partial charge in [-0.25, -0.2) is 0 Å². The smallest absolute Gasteiger partial charge is 0.308 e. The molecule has 1 aliphatic rings. The van der Waals surface area contributed by atoms with Crippen LogP contribution in [0.1, 0.15) is 16.8 Å². The Hall–Kier alpha value is -2.45. The maximum atomic E-state index is 12.2. The van der Waals surface area contributed by atoms with Crippen molar-refractivity contribution >= 4 is 23.5 Å². The molecule has 1 aliphatic heterocycles. The van der Waals surface area contributed by atoms with E-state index >= 15 is 0 Å². The van der Waals surface area contributed by atoms with Gasteiger partial charge in [-0.1, -0.05) is 12.1 Å². The van der Waals surface area contributed by atoms with Gasteiger partial charge >= 0.3 is 5.97 Å². The van der Waals surface area contributed by atoms with E-state index in [0.717, 1.165) is 26.2 Å². The van der Waals surface area contributed by atoms with Gasteiger partial charge in [0, 0.05) is 39.1 Å². The van der Waals surface area contributed by atoms with Gasteiger partial charge in [-0.05, 0) is 19.2 Å². The summed E-state index contributed by atoms with van der Waals surface area (Å²) in [4.78, 5) is 39.4. The van der Waals surface area contributed by atoms with Crippen molar-refractivity contribution in [1.29, 1.82) is 0 Å². The van der Waals surface area contributed by atoms with Crippen LogP contribution in [0.4, 0.5) is 5.69 Å². The zero-order chi connectivity index (χ0) is 18.4. The normalized spacial score (nSPS) is 17.0. The van der Waals surface area contributed by atoms with Crippen molar-refractivity contribution in [1.82, 2.24) is 9.80 Å². The van der Waals surface area contributed by atoms with E-state index in [1.54, 1.807) is 18.2 Å². The quantitative estimate of drug-likeness (QED) is 0.642. The molecule has 8 heteroatoms. The highest BCUT2D eigenvalue weighted by Gasteiger charge is 2.26. The molecule has 1 saturated heterocycles. The van der Waals surface area contributed by atoms with Crippen LogP contribution in [0.5, 0.6) is 0 Å². The van der Waals surface area contributed by atoms with E-state index < -0.39 is 23.7 Å². The van der Waals surface area contributed by atoms with Crippen LogP contribution in [-0.4, -0.2) is 72.5 Å². The fraction of sp³-hybridized carbons (Fsp3) is 0.471. The summed E-state index contributed by atoms with van der Waals surface area (Å²) in [5.41, 5.74) is 5.77. The highest BCUT2D eigenvalue weighted by molar-refractivity contribution is 6.03. The standard InChI is InChI=1S/C17H24N4O4/c1-20-6-8-21(9-7-20)11-12(17(24)25)10-15(22)19-14-5-3-2-4-13(14)16(18)23/h2-5,12H,6-11H2,1H3,(H2,18,23)(H,19,22)(H,24,25)/t12-/m1/s1. The summed E-state index contributed by atoms with van der Waals surface area (Å²) >= 11 is 0. The summed E-state index contributed by atoms with van der Waals surface area (Å²) in [6, 6.07) is 6.38. The Morgan fingerprint density at radius 1 is 1.20 bits per heavy atom. The molecule has 1 fully saturated rings. The summed E-state index contributed by atoms with van der Waals surface area (Å²) < 4.78 is 0. The number of hydrogen-bond donors (Lipinski definition) is 3. The number of carboxylic acids is 1. The molecule has 136 valence electrons. The molecule has 0 radical (unpaired) electrons. The molecule has 0 spiro atoms. The largest absolute Gasteiger partial charge is 0.481 e. The minimum absolute atomic E-state index is 0.158. The number of likely N-dealkylation sites (N-methyl/N-ethyl adjacent to an activating group) is 1. The number of carbonyl (C=O) groups excluding carboxylic acids is 2. The maximum Gasteiger partial charge on any atom is 0.308 e. The average molecular weight is 348 g/mol. The zero-order valence-electron chi connectivity index (χ0n) is 14.3. The van der Waals surface area contributed by atoms with E-state index in [0.29, 0.717) is 12.2 Å². The molecule has 2 rings (SSSR count). The van der Waals surface area contributed by atoms with E-state index in [4.69, 9.17) is 5.73 Å². The molecule has 0 aromatic heterocycles. The molecule has 0 saturated carbocycles. The molecular weight excluding hydrogens is 324 g/mol. The van der Waals surface area contributed by atoms with Crippen LogP contribution in [0.15, 0.2) is 24.3 Å². The van der Waals surface area contributed by atoms with E-state index in [2.05, 4.69) is 15.1 Å². The number of para-hydroxylation sites is 1. The summed E-state index contributed by atoms with van der Waals surface area (Å²) in [6.45, 7) is 3.65. The van der Waals surface area contributed by atoms with Crippen LogP contribution < -0.4 is 11.1 Å². The summed E-state index contributed by atoms with van der Waals surface area (Å²) in [6.07, 6.45) is -0.158. The first-order valence-corrected chi connectivity index (χ1v) is 8.19. The van der Waals surface area contributed by atoms with Crippen LogP contribution in [-0.2, 0) is 9.59 Å². The summed E-state index contributed by atoms with van der Waals surface area (Å²) in [5.74, 6) is -2.90. The maximum absolute atomic E-state index is 12.2. The van der Waals surface area contributed by atoms with Gasteiger partial charge < -0.3 is 21.1 Å². The first-order valence-electron chi connectivity index (χ1n) is 8.19. The Kier molecular flexibility index (Phi) is 6.49. The Bertz CT molecular complexity index is 641. The van der Waals surface area contributed by atoms with E-state index in [-0.39, 0.29) is 12.0 Å². The number of nitrogens with zero attached hydrogens (tertiary/aromatic N) is 2. The number of rotatable bonds is 7. The third kappa shape index (κ3) is 5.54. The average Bonchev–Trinajstić information content (AvgIpc) is 2.56. The van der Waals surface area contributed by atoms with E-state index in [1.807, 2.05) is 7.05 Å². The van der Waals surface area contributed by atoms with Gasteiger partial charge in [0.25, 0.3) is 5.91 Å². The molecule has 0 unspecified atom stereocenters. The van der Waals surface area contributed by atoms with Gasteiger partial charge in [0.1, 0.15) is 0 Å². The molecule has 2 amide bonds. The number of aliphatic carboxylic acids is 1. The van der Waals surface area contributed by atoms with Crippen molar-refractivity contribution in [3.8, 4) is 0 Å². The highest BCUT2D eigenvalue weighted by Crippen LogP contribution is 2.16. The first-order chi connectivity index (χ1) is 11.9. The van der Waals surface area contributed by atoms with Gasteiger partial charge in [-0.2, -0.15) is 0 Å². The molecule has 1 atom stereocenters. The summed E-state index contributed by atoms with van der Waals surface area (Å²) in [5, 5.41) is 12.0. The number of carbonyl (C=O) groups is 3. The van der Waals surface area contributed by atoms with E-state index in [9.17, 15) is 19.5 Å². The molecule has 4 N–H and O–H groups in total. The Morgan fingerprint density at radius 2 is 1.84 bits per heavy atom. The Morgan fingerprint density at radius 3 is 2.44 bits per heavy atom. The minimum Gasteiger partial charge on any atom is -0.481 e. The molecule has 1 aromatic carbocycles. The molecule has 1 aromatic rings. The number of benzene rings is 1. The third-order valence-electron chi connectivity index (χ3n) is 4.32. The number of anilines is 1. The third-order valence-corrected chi connectivity index (χ3v) is 4.32. The second-order valence-corrected chi connectivity index (χ2v) is 6.30. The van der Waals surface area contributed by atoms with Crippen LogP contribution in [0, 0.1) is 5.92 Å². The molecular formula is C17H24N4O4. The molecule has 8 nitrogen and oxygen atoms in total. The molecule has 25 heavy (non-hydrogen) atoms. The molecule has 0 bridgehead atoms. The lowest BCUT2D eigenvalue weighted by molar-refractivity contribution is -0.144. The fourth-order valence-corrected chi connectivity index (χ4v) is 2.80. The van der Waals surface area contributed by atoms with Crippen molar-refractivity contribution < 1.29 is 19.5 Å². The topological polar surface area (TPSA) is 116 Å².